The molecule has 192 valence electrons. The second-order valence-corrected chi connectivity index (χ2v) is 9.91. The third kappa shape index (κ3) is 8.17. The second kappa shape index (κ2) is 14.4. The van der Waals surface area contributed by atoms with Crippen LogP contribution in [-0.4, -0.2) is 48.9 Å². The molecule has 0 aliphatic heterocycles. The first-order chi connectivity index (χ1) is 17.3. The van der Waals surface area contributed by atoms with Crippen LogP contribution in [-0.2, 0) is 27.9 Å². The van der Waals surface area contributed by atoms with Gasteiger partial charge in [0.1, 0.15) is 0 Å². The van der Waals surface area contributed by atoms with Gasteiger partial charge in [0.05, 0.1) is 30.1 Å². The summed E-state index contributed by atoms with van der Waals surface area (Å²) in [6.45, 7) is 0.490. The Morgan fingerprint density at radius 3 is 2.47 bits per heavy atom. The Balaban J connectivity index is 0.00000222. The van der Waals surface area contributed by atoms with Gasteiger partial charge in [0.25, 0.3) is 10.0 Å². The zero-order valence-electron chi connectivity index (χ0n) is 19.3. The highest BCUT2D eigenvalue weighted by molar-refractivity contribution is 7.92. The van der Waals surface area contributed by atoms with Gasteiger partial charge < -0.3 is 19.7 Å². The van der Waals surface area contributed by atoms with Crippen molar-refractivity contribution in [1.29, 1.82) is 0 Å². The molecule has 0 unspecified atom stereocenters. The molecule has 0 aliphatic rings. The molecule has 9 nitrogen and oxygen atoms in total. The smallest absolute Gasteiger partial charge is 0.407 e. The van der Waals surface area contributed by atoms with E-state index < -0.39 is 16.1 Å². The normalized spacial score (nSPS) is 10.7. The molecule has 12 heteroatoms. The first-order valence-corrected chi connectivity index (χ1v) is 12.9. The van der Waals surface area contributed by atoms with Gasteiger partial charge >= 0.3 is 6.09 Å². The van der Waals surface area contributed by atoms with Crippen LogP contribution in [0.15, 0.2) is 66.1 Å². The van der Waals surface area contributed by atoms with Crippen molar-refractivity contribution in [3.8, 4) is 12.8 Å². The highest BCUT2D eigenvalue weighted by Crippen LogP contribution is 2.30. The molecule has 3 rings (SSSR count). The van der Waals surface area contributed by atoms with E-state index >= 15 is 0 Å². The van der Waals surface area contributed by atoms with E-state index in [1.807, 2.05) is 4.57 Å². The SMILES string of the molecule is C#C.O=C(NCCn1ccnc1)OCCCN(c1cc(Cl)ccc1CO)S(=O)(=O)c1ccc(Cl)cc1. The Labute approximate surface area is 220 Å². The van der Waals surface area contributed by atoms with Crippen LogP contribution in [0.5, 0.6) is 0 Å². The molecular weight excluding hydrogens is 527 g/mol. The monoisotopic (exact) mass is 552 g/mol. The number of hydrogen-bond donors (Lipinski definition) is 2. The standard InChI is InChI=1S/C22H24Cl2N4O5S.C2H2/c23-18-4-6-20(7-5-18)34(31,32)28(21-14-19(24)3-2-17(21)15-29)10-1-13-33-22(30)26-9-12-27-11-8-25-16-27;1-2/h2-8,11,14,16,29H,1,9-10,12-13,15H2,(H,26,30);1-2H. The molecule has 1 aromatic heterocycles. The summed E-state index contributed by atoms with van der Waals surface area (Å²) in [5.41, 5.74) is 0.634. The average Bonchev–Trinajstić information content (AvgIpc) is 3.39. The van der Waals surface area contributed by atoms with Crippen molar-refractivity contribution in [1.82, 2.24) is 14.9 Å². The highest BCUT2D eigenvalue weighted by Gasteiger charge is 2.27. The third-order valence-corrected chi connectivity index (χ3v) is 7.14. The van der Waals surface area contributed by atoms with Crippen molar-refractivity contribution in [3.05, 3.63) is 76.8 Å². The number of carbonyl (C=O) groups excluding carboxylic acids is 1. The van der Waals surface area contributed by atoms with Crippen LogP contribution in [0.1, 0.15) is 12.0 Å². The Bertz CT molecular complexity index is 1230. The first kappa shape index (κ1) is 29.0. The molecule has 0 aliphatic carbocycles. The second-order valence-electron chi connectivity index (χ2n) is 7.18. The number of rotatable bonds is 11. The summed E-state index contributed by atoms with van der Waals surface area (Å²) >= 11 is 12.0. The van der Waals surface area contributed by atoms with Crippen molar-refractivity contribution in [2.24, 2.45) is 0 Å². The first-order valence-electron chi connectivity index (χ1n) is 10.7. The number of anilines is 1. The molecule has 0 radical (unpaired) electrons. The molecule has 0 saturated heterocycles. The predicted molar refractivity (Wildman–Crippen MR) is 139 cm³/mol. The quantitative estimate of drug-likeness (QED) is 0.275. The number of amides is 1. The highest BCUT2D eigenvalue weighted by atomic mass is 35.5. The number of nitrogens with zero attached hydrogens (tertiary/aromatic N) is 3. The number of aromatic nitrogens is 2. The van der Waals surface area contributed by atoms with Gasteiger partial charge in [-0.25, -0.2) is 18.2 Å². The number of hydrogen-bond acceptors (Lipinski definition) is 6. The molecular formula is C24H26Cl2N4O5S. The van der Waals surface area contributed by atoms with E-state index in [4.69, 9.17) is 27.9 Å². The van der Waals surface area contributed by atoms with E-state index in [0.29, 0.717) is 28.7 Å². The lowest BCUT2D eigenvalue weighted by Crippen LogP contribution is -2.34. The van der Waals surface area contributed by atoms with Crippen LogP contribution >= 0.6 is 23.2 Å². The van der Waals surface area contributed by atoms with Gasteiger partial charge in [-0.05, 0) is 36.4 Å². The van der Waals surface area contributed by atoms with Crippen molar-refractivity contribution in [3.63, 3.8) is 0 Å². The lowest BCUT2D eigenvalue weighted by molar-refractivity contribution is 0.145. The summed E-state index contributed by atoms with van der Waals surface area (Å²) in [6, 6.07) is 10.4. The zero-order chi connectivity index (χ0) is 26.6. The Morgan fingerprint density at radius 2 is 1.83 bits per heavy atom. The summed E-state index contributed by atoms with van der Waals surface area (Å²) < 4.78 is 35.0. The summed E-state index contributed by atoms with van der Waals surface area (Å²) in [5.74, 6) is 0. The van der Waals surface area contributed by atoms with Crippen molar-refractivity contribution in [2.75, 3.05) is 24.0 Å². The number of alkyl carbamates (subject to hydrolysis) is 1. The fourth-order valence-corrected chi connectivity index (χ4v) is 4.96. The van der Waals surface area contributed by atoms with Gasteiger partial charge in [-0.2, -0.15) is 0 Å². The molecule has 2 N–H and O–H groups in total. The van der Waals surface area contributed by atoms with E-state index in [2.05, 4.69) is 23.1 Å². The molecule has 1 heterocycles. The molecule has 36 heavy (non-hydrogen) atoms. The molecule has 3 aromatic rings. The largest absolute Gasteiger partial charge is 0.449 e. The average molecular weight is 553 g/mol. The van der Waals surface area contributed by atoms with Gasteiger partial charge in [0.2, 0.25) is 0 Å². The van der Waals surface area contributed by atoms with Crippen LogP contribution in [0.4, 0.5) is 10.5 Å². The van der Waals surface area contributed by atoms with Crippen LogP contribution in [0.25, 0.3) is 0 Å². The van der Waals surface area contributed by atoms with Crippen molar-refractivity contribution in [2.45, 2.75) is 24.5 Å². The number of sulfonamides is 1. The number of ether oxygens (including phenoxy) is 1. The Hall–Kier alpha value is -3.23. The number of aliphatic hydroxyl groups is 1. The van der Waals surface area contributed by atoms with Crippen LogP contribution in [0, 0.1) is 12.8 Å². The lowest BCUT2D eigenvalue weighted by atomic mass is 10.2. The third-order valence-electron chi connectivity index (χ3n) is 4.83. The van der Waals surface area contributed by atoms with Crippen LogP contribution in [0.3, 0.4) is 0 Å². The minimum absolute atomic E-state index is 0.0133. The van der Waals surface area contributed by atoms with Crippen molar-refractivity contribution >= 4 is 45.0 Å². The summed E-state index contributed by atoms with van der Waals surface area (Å²) in [7, 11) is -4.02. The number of imidazole rings is 1. The number of benzene rings is 2. The maximum Gasteiger partial charge on any atom is 0.407 e. The van der Waals surface area contributed by atoms with Crippen molar-refractivity contribution < 1.29 is 23.1 Å². The van der Waals surface area contributed by atoms with E-state index in [-0.39, 0.29) is 36.8 Å². The zero-order valence-corrected chi connectivity index (χ0v) is 21.6. The number of halogens is 2. The minimum atomic E-state index is -4.02. The molecule has 0 bridgehead atoms. The number of terminal acetylenes is 1. The van der Waals surface area contributed by atoms with Gasteiger partial charge in [-0.3, -0.25) is 4.31 Å². The molecule has 0 fully saturated rings. The number of carbonyl (C=O) groups is 1. The molecule has 2 aromatic carbocycles. The maximum absolute atomic E-state index is 13.4. The lowest BCUT2D eigenvalue weighted by Gasteiger charge is -2.26. The topological polar surface area (TPSA) is 114 Å². The van der Waals surface area contributed by atoms with Gasteiger partial charge in [-0.15, -0.1) is 12.8 Å². The number of nitrogens with one attached hydrogen (secondary N) is 1. The predicted octanol–water partition coefficient (Wildman–Crippen LogP) is 3.94. The van der Waals surface area contributed by atoms with E-state index in [1.165, 1.54) is 30.3 Å². The molecule has 0 atom stereocenters. The van der Waals surface area contributed by atoms with E-state index in [1.54, 1.807) is 30.9 Å². The molecule has 0 saturated carbocycles. The Morgan fingerprint density at radius 1 is 1.14 bits per heavy atom. The maximum atomic E-state index is 13.4. The molecule has 0 spiro atoms. The van der Waals surface area contributed by atoms with Crippen LogP contribution < -0.4 is 9.62 Å². The fraction of sp³-hybridized carbons (Fsp3) is 0.250. The van der Waals surface area contributed by atoms with Gasteiger partial charge in [0.15, 0.2) is 0 Å². The van der Waals surface area contributed by atoms with Gasteiger partial charge in [-0.1, -0.05) is 29.3 Å². The van der Waals surface area contributed by atoms with Gasteiger partial charge in [0, 0.05) is 54.1 Å². The molecule has 1 amide bonds. The fourth-order valence-electron chi connectivity index (χ4n) is 3.14. The summed E-state index contributed by atoms with van der Waals surface area (Å²) in [6.07, 6.45) is 12.7. The summed E-state index contributed by atoms with van der Waals surface area (Å²) in [4.78, 5) is 15.9. The van der Waals surface area contributed by atoms with Crippen LogP contribution in [0.2, 0.25) is 10.0 Å². The van der Waals surface area contributed by atoms with E-state index in [9.17, 15) is 18.3 Å². The Kier molecular flexibility index (Phi) is 11.6. The summed E-state index contributed by atoms with van der Waals surface area (Å²) in [5, 5.41) is 13.1. The van der Waals surface area contributed by atoms with E-state index in [0.717, 1.165) is 4.31 Å². The number of aliphatic hydroxyl groups excluding tert-OH is 1. The minimum Gasteiger partial charge on any atom is -0.449 e.